The van der Waals surface area contributed by atoms with Crippen molar-refractivity contribution in [3.8, 4) is 5.75 Å². The Kier molecular flexibility index (Phi) is 10.3. The van der Waals surface area contributed by atoms with Gasteiger partial charge in [0.05, 0.1) is 6.54 Å². The minimum absolute atomic E-state index is 0.0310. The number of nitrogens with zero attached hydrogens (tertiary/aromatic N) is 2. The van der Waals surface area contributed by atoms with E-state index in [4.69, 9.17) is 9.47 Å². The molecular formula is C27H29F2N3O9S2. The van der Waals surface area contributed by atoms with Gasteiger partial charge in [-0.1, -0.05) is 12.1 Å². The molecule has 1 N–H and O–H groups in total. The molecule has 43 heavy (non-hydrogen) atoms. The molecule has 2 amide bonds. The number of hydrogen-bond acceptors (Lipinski definition) is 11. The summed E-state index contributed by atoms with van der Waals surface area (Å²) in [6, 6.07) is 3.10. The van der Waals surface area contributed by atoms with Crippen LogP contribution in [0, 0.1) is 11.6 Å². The minimum Gasteiger partial charge on any atom is -0.458 e. The van der Waals surface area contributed by atoms with E-state index in [1.807, 2.05) is 0 Å². The zero-order valence-electron chi connectivity index (χ0n) is 23.8. The van der Waals surface area contributed by atoms with Crippen LogP contribution < -0.4 is 10.1 Å². The van der Waals surface area contributed by atoms with Crippen LogP contribution in [-0.4, -0.2) is 84.1 Å². The van der Waals surface area contributed by atoms with Crippen LogP contribution in [0.5, 0.6) is 5.75 Å². The summed E-state index contributed by atoms with van der Waals surface area (Å²) in [6.45, 7) is 4.00. The smallest absolute Gasteiger partial charge is 0.414 e. The topological polar surface area (TPSA) is 156 Å². The highest BCUT2D eigenvalue weighted by Gasteiger charge is 2.47. The molecule has 0 bridgehead atoms. The summed E-state index contributed by atoms with van der Waals surface area (Å²) in [7, 11) is -2.37. The monoisotopic (exact) mass is 641 g/mol. The highest BCUT2D eigenvalue weighted by atomic mass is 32.2. The van der Waals surface area contributed by atoms with E-state index in [-0.39, 0.29) is 33.4 Å². The van der Waals surface area contributed by atoms with E-state index in [1.165, 1.54) is 64.0 Å². The summed E-state index contributed by atoms with van der Waals surface area (Å²) in [5.74, 6) is -5.25. The lowest BCUT2D eigenvalue weighted by molar-refractivity contribution is -0.162. The van der Waals surface area contributed by atoms with Crippen molar-refractivity contribution >= 4 is 50.0 Å². The lowest BCUT2D eigenvalue weighted by atomic mass is 10.0. The Bertz CT molecular complexity index is 1540. The first-order valence-corrected chi connectivity index (χ1v) is 14.9. The Morgan fingerprint density at radius 3 is 2.23 bits per heavy atom. The second-order valence-electron chi connectivity index (χ2n) is 10.5. The van der Waals surface area contributed by atoms with Crippen LogP contribution in [0.2, 0.25) is 0 Å². The molecule has 0 saturated carbocycles. The number of rotatable bonds is 8. The molecule has 0 aromatic heterocycles. The van der Waals surface area contributed by atoms with Crippen LogP contribution in [-0.2, 0) is 40.4 Å². The van der Waals surface area contributed by atoms with Gasteiger partial charge in [-0.3, -0.25) is 19.7 Å². The van der Waals surface area contributed by atoms with Gasteiger partial charge in [0.2, 0.25) is 10.2 Å². The van der Waals surface area contributed by atoms with E-state index in [1.54, 1.807) is 0 Å². The van der Waals surface area contributed by atoms with Crippen LogP contribution >= 0.6 is 11.8 Å². The van der Waals surface area contributed by atoms with Gasteiger partial charge in [-0.05, 0) is 62.4 Å². The highest BCUT2D eigenvalue weighted by Crippen LogP contribution is 2.28. The number of amides is 2. The SMILES string of the molecule is CN(C)C(=O)Oc1ccc(C[C@@H](C(=O)OC(C)(C)C)N(C(=O)C2NCC(=O)SC2=O)S(=O)(=O)c2ccc(F)cc2F)cc1. The van der Waals surface area contributed by atoms with Crippen molar-refractivity contribution in [2.45, 2.75) is 49.8 Å². The van der Waals surface area contributed by atoms with Gasteiger partial charge in [-0.25, -0.2) is 31.1 Å². The second kappa shape index (κ2) is 13.2. The van der Waals surface area contributed by atoms with E-state index < -0.39 is 85.4 Å². The summed E-state index contributed by atoms with van der Waals surface area (Å²) in [5.41, 5.74) is -0.930. The molecule has 0 radical (unpaired) electrons. The summed E-state index contributed by atoms with van der Waals surface area (Å²) >= 11 is 0.182. The van der Waals surface area contributed by atoms with E-state index in [0.717, 1.165) is 0 Å². The lowest BCUT2D eigenvalue weighted by Gasteiger charge is -2.34. The molecule has 232 valence electrons. The number of esters is 1. The number of carbonyl (C=O) groups excluding carboxylic acids is 5. The molecule has 2 aromatic carbocycles. The molecule has 16 heteroatoms. The first kappa shape index (κ1) is 33.6. The number of thioether (sulfide) groups is 1. The molecule has 0 spiro atoms. The van der Waals surface area contributed by atoms with Gasteiger partial charge in [0.1, 0.15) is 33.9 Å². The fourth-order valence-corrected chi connectivity index (χ4v) is 6.04. The zero-order chi connectivity index (χ0) is 32.3. The van der Waals surface area contributed by atoms with Gasteiger partial charge in [0, 0.05) is 26.6 Å². The summed E-state index contributed by atoms with van der Waals surface area (Å²) in [6.07, 6.45) is -1.21. The van der Waals surface area contributed by atoms with Crippen molar-refractivity contribution in [2.24, 2.45) is 0 Å². The third-order valence-corrected chi connectivity index (χ3v) is 8.33. The fourth-order valence-electron chi connectivity index (χ4n) is 3.76. The average molecular weight is 642 g/mol. The number of halogens is 2. The largest absolute Gasteiger partial charge is 0.458 e. The van der Waals surface area contributed by atoms with E-state index >= 15 is 0 Å². The van der Waals surface area contributed by atoms with Crippen LogP contribution in [0.4, 0.5) is 13.6 Å². The van der Waals surface area contributed by atoms with E-state index in [2.05, 4.69) is 5.32 Å². The molecule has 1 aliphatic heterocycles. The molecule has 1 aliphatic rings. The molecule has 12 nitrogen and oxygen atoms in total. The van der Waals surface area contributed by atoms with Crippen LogP contribution in [0.3, 0.4) is 0 Å². The summed E-state index contributed by atoms with van der Waals surface area (Å²) in [5, 5.41) is 0.675. The zero-order valence-corrected chi connectivity index (χ0v) is 25.4. The maximum atomic E-state index is 14.9. The number of nitrogens with one attached hydrogen (secondary N) is 1. The Hall–Kier alpha value is -3.89. The van der Waals surface area contributed by atoms with Gasteiger partial charge < -0.3 is 14.4 Å². The van der Waals surface area contributed by atoms with E-state index in [9.17, 15) is 41.2 Å². The Labute approximate surface area is 250 Å². The lowest BCUT2D eigenvalue weighted by Crippen LogP contribution is -2.60. The first-order chi connectivity index (χ1) is 19.9. The Morgan fingerprint density at radius 2 is 1.70 bits per heavy atom. The minimum atomic E-state index is -5.31. The molecule has 1 heterocycles. The number of hydrogen-bond donors (Lipinski definition) is 1. The standard InChI is InChI=1S/C27H29F2N3O9S2/c1-27(2,3)41-24(35)19(12-15-6-9-17(10-7-15)40-26(37)31(4)5)32(23(34)22-25(36)42-21(33)14-30-22)43(38,39)20-11-8-16(28)13-18(20)29/h6-11,13,19,22,30H,12,14H2,1-5H3/t19-,22?/m0/s1. The predicted octanol–water partition coefficient (Wildman–Crippen LogP) is 2.25. The normalized spacial score (nSPS) is 16.3. The number of ether oxygens (including phenoxy) is 2. The van der Waals surface area contributed by atoms with E-state index in [0.29, 0.717) is 12.1 Å². The van der Waals surface area contributed by atoms with Gasteiger partial charge >= 0.3 is 12.1 Å². The molecule has 3 rings (SSSR count). The van der Waals surface area contributed by atoms with Crippen molar-refractivity contribution in [2.75, 3.05) is 20.6 Å². The summed E-state index contributed by atoms with van der Waals surface area (Å²) in [4.78, 5) is 63.6. The van der Waals surface area contributed by atoms with Gasteiger partial charge in [-0.15, -0.1) is 0 Å². The molecule has 1 saturated heterocycles. The van der Waals surface area contributed by atoms with Crippen LogP contribution in [0.15, 0.2) is 47.4 Å². The molecule has 1 fully saturated rings. The Balaban J connectivity index is 2.15. The highest BCUT2D eigenvalue weighted by molar-refractivity contribution is 8.26. The number of sulfonamides is 1. The van der Waals surface area contributed by atoms with Crippen molar-refractivity contribution in [3.05, 3.63) is 59.7 Å². The van der Waals surface area contributed by atoms with Crippen LogP contribution in [0.25, 0.3) is 0 Å². The summed E-state index contributed by atoms with van der Waals surface area (Å²) < 4.78 is 67.0. The number of carbonyl (C=O) groups is 5. The third-order valence-electron chi connectivity index (χ3n) is 5.68. The maximum Gasteiger partial charge on any atom is 0.414 e. The predicted molar refractivity (Wildman–Crippen MR) is 149 cm³/mol. The van der Waals surface area contributed by atoms with Crippen molar-refractivity contribution in [1.82, 2.24) is 14.5 Å². The average Bonchev–Trinajstić information content (AvgIpc) is 2.87. The van der Waals surface area contributed by atoms with Crippen LogP contribution in [0.1, 0.15) is 26.3 Å². The quantitative estimate of drug-likeness (QED) is 0.333. The third kappa shape index (κ3) is 8.36. The van der Waals surface area contributed by atoms with Gasteiger partial charge in [0.25, 0.3) is 15.9 Å². The van der Waals surface area contributed by atoms with Gasteiger partial charge in [-0.2, -0.15) is 0 Å². The number of benzene rings is 2. The van der Waals surface area contributed by atoms with Crippen molar-refractivity contribution < 1.29 is 50.6 Å². The molecule has 1 unspecified atom stereocenters. The molecular weight excluding hydrogens is 612 g/mol. The second-order valence-corrected chi connectivity index (χ2v) is 13.3. The van der Waals surface area contributed by atoms with Gasteiger partial charge in [0.15, 0.2) is 6.04 Å². The molecule has 2 atom stereocenters. The molecule has 2 aromatic rings. The fraction of sp³-hybridized carbons (Fsp3) is 0.370. The van der Waals surface area contributed by atoms with Crippen molar-refractivity contribution in [1.29, 1.82) is 0 Å². The van der Waals surface area contributed by atoms with Crippen molar-refractivity contribution in [3.63, 3.8) is 0 Å². The first-order valence-electron chi connectivity index (χ1n) is 12.6. The Morgan fingerprint density at radius 1 is 1.07 bits per heavy atom. The maximum absolute atomic E-state index is 14.9. The molecule has 0 aliphatic carbocycles.